The Balaban J connectivity index is 1.45. The standard InChI is InChI=1S/C22H20FN5O/c23-15-8-11-28(12-9-15)22(29)18-4-1-3-14-13-16(6-7-17(14)18)25-21-20-19(26-27-21)5-2-10-24-20/h1-7,10,13,15H,8-9,11-12H2,(H2,25,26,27). The van der Waals surface area contributed by atoms with E-state index >= 15 is 0 Å². The topological polar surface area (TPSA) is 73.9 Å². The summed E-state index contributed by atoms with van der Waals surface area (Å²) in [5.41, 5.74) is 3.14. The van der Waals surface area contributed by atoms with Gasteiger partial charge in [-0.25, -0.2) is 4.39 Å². The highest BCUT2D eigenvalue weighted by Crippen LogP contribution is 2.28. The summed E-state index contributed by atoms with van der Waals surface area (Å²) in [5.74, 6) is 0.618. The molecule has 1 amide bonds. The van der Waals surface area contributed by atoms with Gasteiger partial charge in [0.25, 0.3) is 5.91 Å². The number of rotatable bonds is 3. The highest BCUT2D eigenvalue weighted by molar-refractivity contribution is 6.07. The zero-order valence-corrected chi connectivity index (χ0v) is 15.7. The Morgan fingerprint density at radius 3 is 2.86 bits per heavy atom. The van der Waals surface area contributed by atoms with E-state index in [1.165, 1.54) is 0 Å². The second-order valence-electron chi connectivity index (χ2n) is 7.31. The molecule has 2 N–H and O–H groups in total. The first-order valence-corrected chi connectivity index (χ1v) is 9.71. The number of carbonyl (C=O) groups is 1. The van der Waals surface area contributed by atoms with E-state index in [2.05, 4.69) is 20.5 Å². The first-order valence-electron chi connectivity index (χ1n) is 9.71. The van der Waals surface area contributed by atoms with Gasteiger partial charge in [0.05, 0.1) is 5.52 Å². The van der Waals surface area contributed by atoms with E-state index in [0.717, 1.165) is 27.5 Å². The fourth-order valence-corrected chi connectivity index (χ4v) is 3.85. The van der Waals surface area contributed by atoms with E-state index in [9.17, 15) is 9.18 Å². The van der Waals surface area contributed by atoms with Gasteiger partial charge in [0.1, 0.15) is 11.7 Å². The smallest absolute Gasteiger partial charge is 0.254 e. The lowest BCUT2D eigenvalue weighted by atomic mass is 10.0. The van der Waals surface area contributed by atoms with Crippen molar-refractivity contribution in [2.75, 3.05) is 18.4 Å². The van der Waals surface area contributed by atoms with Crippen LogP contribution < -0.4 is 5.32 Å². The minimum absolute atomic E-state index is 0.0364. The zero-order chi connectivity index (χ0) is 19.8. The van der Waals surface area contributed by atoms with Gasteiger partial charge in [0.2, 0.25) is 0 Å². The second kappa shape index (κ2) is 7.16. The van der Waals surface area contributed by atoms with Crippen LogP contribution in [0, 0.1) is 0 Å². The van der Waals surface area contributed by atoms with Crippen molar-refractivity contribution in [1.29, 1.82) is 0 Å². The van der Waals surface area contributed by atoms with Gasteiger partial charge in [-0.15, -0.1) is 0 Å². The number of aromatic amines is 1. The molecule has 7 heteroatoms. The molecule has 0 saturated carbocycles. The number of carbonyl (C=O) groups excluding carboxylic acids is 1. The summed E-state index contributed by atoms with van der Waals surface area (Å²) in [4.78, 5) is 19.1. The number of nitrogens with zero attached hydrogens (tertiary/aromatic N) is 3. The molecule has 6 nitrogen and oxygen atoms in total. The number of fused-ring (bicyclic) bond motifs is 2. The van der Waals surface area contributed by atoms with E-state index in [-0.39, 0.29) is 5.91 Å². The van der Waals surface area contributed by atoms with Crippen LogP contribution in [-0.4, -0.2) is 45.2 Å². The lowest BCUT2D eigenvalue weighted by Gasteiger charge is -2.29. The fraction of sp³-hybridized carbons (Fsp3) is 0.227. The maximum Gasteiger partial charge on any atom is 0.254 e. The maximum atomic E-state index is 13.4. The molecule has 3 heterocycles. The van der Waals surface area contributed by atoms with Gasteiger partial charge in [-0.2, -0.15) is 5.10 Å². The van der Waals surface area contributed by atoms with Gasteiger partial charge >= 0.3 is 0 Å². The molecular weight excluding hydrogens is 369 g/mol. The number of likely N-dealkylation sites (tertiary alicyclic amines) is 1. The van der Waals surface area contributed by atoms with Crippen molar-refractivity contribution in [2.24, 2.45) is 0 Å². The molecule has 0 radical (unpaired) electrons. The number of benzene rings is 2. The largest absolute Gasteiger partial charge is 0.338 e. The van der Waals surface area contributed by atoms with Gasteiger partial charge in [0, 0.05) is 30.5 Å². The van der Waals surface area contributed by atoms with Gasteiger partial charge in [0.15, 0.2) is 5.82 Å². The first-order chi connectivity index (χ1) is 14.2. The van der Waals surface area contributed by atoms with E-state index in [1.807, 2.05) is 48.5 Å². The Morgan fingerprint density at radius 1 is 1.14 bits per heavy atom. The molecule has 29 heavy (non-hydrogen) atoms. The molecule has 4 aromatic rings. The molecule has 0 atom stereocenters. The number of amides is 1. The quantitative estimate of drug-likeness (QED) is 0.544. The SMILES string of the molecule is O=C(c1cccc2cc(Nc3n[nH]c4cccnc34)ccc12)N1CCC(F)CC1. The van der Waals surface area contributed by atoms with Crippen molar-refractivity contribution < 1.29 is 9.18 Å². The molecule has 0 unspecified atom stereocenters. The van der Waals surface area contributed by atoms with Crippen molar-refractivity contribution in [2.45, 2.75) is 19.0 Å². The number of hydrogen-bond acceptors (Lipinski definition) is 4. The van der Waals surface area contributed by atoms with Crippen LogP contribution in [0.3, 0.4) is 0 Å². The molecule has 0 aliphatic carbocycles. The summed E-state index contributed by atoms with van der Waals surface area (Å²) in [6.45, 7) is 0.935. The second-order valence-corrected chi connectivity index (χ2v) is 7.31. The molecule has 1 saturated heterocycles. The molecule has 2 aromatic heterocycles. The van der Waals surface area contributed by atoms with Gasteiger partial charge in [-0.3, -0.25) is 14.9 Å². The van der Waals surface area contributed by atoms with Crippen molar-refractivity contribution in [3.63, 3.8) is 0 Å². The number of H-pyrrole nitrogens is 1. The maximum absolute atomic E-state index is 13.4. The summed E-state index contributed by atoms with van der Waals surface area (Å²) in [6, 6.07) is 15.3. The molecule has 0 bridgehead atoms. The lowest BCUT2D eigenvalue weighted by Crippen LogP contribution is -2.39. The predicted octanol–water partition coefficient (Wildman–Crippen LogP) is 4.43. The summed E-state index contributed by atoms with van der Waals surface area (Å²) in [5, 5.41) is 12.4. The highest BCUT2D eigenvalue weighted by atomic mass is 19.1. The van der Waals surface area contributed by atoms with Crippen LogP contribution in [0.1, 0.15) is 23.2 Å². The van der Waals surface area contributed by atoms with E-state index in [0.29, 0.717) is 37.3 Å². The number of hydrogen-bond donors (Lipinski definition) is 2. The summed E-state index contributed by atoms with van der Waals surface area (Å²) in [6.07, 6.45) is 1.76. The molecule has 1 fully saturated rings. The number of alkyl halides is 1. The zero-order valence-electron chi connectivity index (χ0n) is 15.7. The number of piperidine rings is 1. The number of nitrogens with one attached hydrogen (secondary N) is 2. The van der Waals surface area contributed by atoms with Crippen LogP contribution in [0.2, 0.25) is 0 Å². The molecule has 1 aliphatic rings. The highest BCUT2D eigenvalue weighted by Gasteiger charge is 2.24. The number of anilines is 2. The van der Waals surface area contributed by atoms with Crippen molar-refractivity contribution >= 4 is 39.2 Å². The Hall–Kier alpha value is -3.48. The average molecular weight is 389 g/mol. The third kappa shape index (κ3) is 3.29. The Kier molecular flexibility index (Phi) is 4.35. The van der Waals surface area contributed by atoms with E-state index in [1.54, 1.807) is 11.1 Å². The summed E-state index contributed by atoms with van der Waals surface area (Å²) < 4.78 is 13.4. The van der Waals surface area contributed by atoms with Gasteiger partial charge in [-0.1, -0.05) is 18.2 Å². The van der Waals surface area contributed by atoms with Crippen LogP contribution in [0.15, 0.2) is 54.7 Å². The summed E-state index contributed by atoms with van der Waals surface area (Å²) in [7, 11) is 0. The lowest BCUT2D eigenvalue weighted by molar-refractivity contribution is 0.0669. The van der Waals surface area contributed by atoms with Gasteiger partial charge in [-0.05, 0) is 53.9 Å². The van der Waals surface area contributed by atoms with Crippen LogP contribution in [0.5, 0.6) is 0 Å². The first kappa shape index (κ1) is 17.6. The van der Waals surface area contributed by atoms with Crippen molar-refractivity contribution in [1.82, 2.24) is 20.1 Å². The minimum atomic E-state index is -0.798. The van der Waals surface area contributed by atoms with E-state index in [4.69, 9.17) is 0 Å². The van der Waals surface area contributed by atoms with Crippen LogP contribution in [-0.2, 0) is 0 Å². The van der Waals surface area contributed by atoms with Crippen molar-refractivity contribution in [3.05, 3.63) is 60.3 Å². The third-order valence-electron chi connectivity index (χ3n) is 5.41. The molecule has 5 rings (SSSR count). The molecular formula is C22H20FN5O. The molecule has 1 aliphatic heterocycles. The van der Waals surface area contributed by atoms with Crippen LogP contribution in [0.25, 0.3) is 21.8 Å². The fourth-order valence-electron chi connectivity index (χ4n) is 3.85. The Labute approximate surface area is 166 Å². The normalized spacial score (nSPS) is 15.1. The Bertz CT molecular complexity index is 1200. The number of pyridine rings is 1. The van der Waals surface area contributed by atoms with E-state index < -0.39 is 6.17 Å². The van der Waals surface area contributed by atoms with Crippen molar-refractivity contribution in [3.8, 4) is 0 Å². The molecule has 146 valence electrons. The molecule has 0 spiro atoms. The minimum Gasteiger partial charge on any atom is -0.338 e. The summed E-state index contributed by atoms with van der Waals surface area (Å²) >= 11 is 0. The number of aromatic nitrogens is 3. The molecule has 2 aromatic carbocycles. The Morgan fingerprint density at radius 2 is 2.00 bits per heavy atom. The monoisotopic (exact) mass is 389 g/mol. The average Bonchev–Trinajstić information content (AvgIpc) is 3.16. The van der Waals surface area contributed by atoms with Crippen LogP contribution in [0.4, 0.5) is 15.9 Å². The number of halogens is 1. The van der Waals surface area contributed by atoms with Gasteiger partial charge < -0.3 is 10.2 Å². The van der Waals surface area contributed by atoms with Crippen LogP contribution >= 0.6 is 0 Å². The predicted molar refractivity (Wildman–Crippen MR) is 111 cm³/mol. The third-order valence-corrected chi connectivity index (χ3v) is 5.41.